The van der Waals surface area contributed by atoms with Crippen molar-refractivity contribution < 1.29 is 19.3 Å². The Balaban J connectivity index is 2.16. The molecular weight excluding hydrogens is 256 g/mol. The first-order valence-corrected chi connectivity index (χ1v) is 6.62. The Morgan fingerprint density at radius 1 is 1.45 bits per heavy atom. The lowest BCUT2D eigenvalue weighted by molar-refractivity contribution is -0.138. The van der Waals surface area contributed by atoms with Crippen LogP contribution in [0.25, 0.3) is 0 Å². The van der Waals surface area contributed by atoms with Crippen molar-refractivity contribution in [2.45, 2.75) is 32.2 Å². The van der Waals surface area contributed by atoms with E-state index in [1.54, 1.807) is 7.11 Å². The van der Waals surface area contributed by atoms with Gasteiger partial charge in [-0.1, -0.05) is 11.8 Å². The van der Waals surface area contributed by atoms with Crippen molar-refractivity contribution in [1.29, 1.82) is 0 Å². The Morgan fingerprint density at radius 2 is 2.25 bits per heavy atom. The number of hydrogen-bond donors (Lipinski definition) is 1. The van der Waals surface area contributed by atoms with Crippen molar-refractivity contribution >= 4 is 0 Å². The van der Waals surface area contributed by atoms with Crippen LogP contribution in [0.4, 0.5) is 0 Å². The second-order valence-corrected chi connectivity index (χ2v) is 5.14. The first-order valence-electron chi connectivity index (χ1n) is 6.62. The molecule has 4 heteroatoms. The minimum atomic E-state index is -0.522. The number of aliphatic hydroxyl groups is 1. The first-order chi connectivity index (χ1) is 9.54. The van der Waals surface area contributed by atoms with E-state index < -0.39 is 5.79 Å². The van der Waals surface area contributed by atoms with Gasteiger partial charge in [0.25, 0.3) is 0 Å². The average molecular weight is 276 g/mol. The summed E-state index contributed by atoms with van der Waals surface area (Å²) in [5.74, 6) is 5.84. The minimum absolute atomic E-state index is 0.0138. The monoisotopic (exact) mass is 276 g/mol. The van der Waals surface area contributed by atoms with Crippen molar-refractivity contribution in [3.63, 3.8) is 0 Å². The molecule has 4 nitrogen and oxygen atoms in total. The Hall–Kier alpha value is -1.54. The van der Waals surface area contributed by atoms with Crippen LogP contribution in [0.2, 0.25) is 0 Å². The second-order valence-electron chi connectivity index (χ2n) is 5.14. The van der Waals surface area contributed by atoms with Crippen molar-refractivity contribution in [2.24, 2.45) is 0 Å². The SMILES string of the molecule is COc1ccc(C#CCO)cc1CC1COC(C)(C)O1. The third-order valence-electron chi connectivity index (χ3n) is 3.11. The molecule has 0 bridgehead atoms. The van der Waals surface area contributed by atoms with Gasteiger partial charge in [-0.25, -0.2) is 0 Å². The largest absolute Gasteiger partial charge is 0.496 e. The fourth-order valence-corrected chi connectivity index (χ4v) is 2.27. The first kappa shape index (κ1) is 14.9. The molecule has 108 valence electrons. The quantitative estimate of drug-likeness (QED) is 0.854. The van der Waals surface area contributed by atoms with E-state index in [1.165, 1.54) is 0 Å². The summed E-state index contributed by atoms with van der Waals surface area (Å²) in [6.07, 6.45) is 0.723. The molecule has 1 aliphatic rings. The molecule has 1 N–H and O–H groups in total. The molecule has 20 heavy (non-hydrogen) atoms. The molecule has 1 aliphatic heterocycles. The molecule has 0 spiro atoms. The van der Waals surface area contributed by atoms with Gasteiger partial charge in [-0.2, -0.15) is 0 Å². The van der Waals surface area contributed by atoms with Gasteiger partial charge in [0, 0.05) is 12.0 Å². The predicted molar refractivity (Wildman–Crippen MR) is 75.6 cm³/mol. The Kier molecular flexibility index (Phi) is 4.66. The zero-order valence-corrected chi connectivity index (χ0v) is 12.1. The summed E-state index contributed by atoms with van der Waals surface area (Å²) < 4.78 is 16.8. The molecule has 1 aromatic carbocycles. The lowest BCUT2D eigenvalue weighted by Crippen LogP contribution is -2.22. The van der Waals surface area contributed by atoms with E-state index >= 15 is 0 Å². The highest BCUT2D eigenvalue weighted by Gasteiger charge is 2.33. The van der Waals surface area contributed by atoms with Crippen LogP contribution in [0, 0.1) is 11.8 Å². The average Bonchev–Trinajstić information content (AvgIpc) is 2.76. The maximum atomic E-state index is 8.75. The zero-order valence-electron chi connectivity index (χ0n) is 12.1. The van der Waals surface area contributed by atoms with Crippen LogP contribution < -0.4 is 4.74 Å². The van der Waals surface area contributed by atoms with Crippen molar-refractivity contribution in [3.05, 3.63) is 29.3 Å². The van der Waals surface area contributed by atoms with E-state index in [-0.39, 0.29) is 12.7 Å². The summed E-state index contributed by atoms with van der Waals surface area (Å²) in [7, 11) is 1.65. The molecule has 0 amide bonds. The highest BCUT2D eigenvalue weighted by atomic mass is 16.7. The molecule has 1 heterocycles. The topological polar surface area (TPSA) is 47.9 Å². The molecule has 1 unspecified atom stereocenters. The molecule has 1 aromatic rings. The molecule has 1 fully saturated rings. The number of hydrogen-bond acceptors (Lipinski definition) is 4. The highest BCUT2D eigenvalue weighted by molar-refractivity contribution is 5.44. The summed E-state index contributed by atoms with van der Waals surface area (Å²) >= 11 is 0. The van der Waals surface area contributed by atoms with Crippen molar-refractivity contribution in [2.75, 3.05) is 20.3 Å². The van der Waals surface area contributed by atoms with E-state index in [9.17, 15) is 0 Å². The van der Waals surface area contributed by atoms with Gasteiger partial charge >= 0.3 is 0 Å². The number of benzene rings is 1. The third kappa shape index (κ3) is 3.73. The summed E-state index contributed by atoms with van der Waals surface area (Å²) in [4.78, 5) is 0. The molecule has 0 radical (unpaired) electrons. The van der Waals surface area contributed by atoms with E-state index in [2.05, 4.69) is 11.8 Å². The lowest BCUT2D eigenvalue weighted by Gasteiger charge is -2.17. The van der Waals surface area contributed by atoms with Gasteiger partial charge in [0.1, 0.15) is 12.4 Å². The highest BCUT2D eigenvalue weighted by Crippen LogP contribution is 2.28. The maximum Gasteiger partial charge on any atom is 0.163 e. The Morgan fingerprint density at radius 3 is 2.85 bits per heavy atom. The smallest absolute Gasteiger partial charge is 0.163 e. The molecular formula is C16H20O4. The normalized spacial score (nSPS) is 20.3. The second kappa shape index (κ2) is 6.27. The van der Waals surface area contributed by atoms with Crippen LogP contribution in [0.3, 0.4) is 0 Å². The number of ether oxygens (including phenoxy) is 3. The number of rotatable bonds is 3. The van der Waals surface area contributed by atoms with Gasteiger partial charge in [-0.15, -0.1) is 0 Å². The van der Waals surface area contributed by atoms with Gasteiger partial charge < -0.3 is 19.3 Å². The van der Waals surface area contributed by atoms with Gasteiger partial charge in [0.2, 0.25) is 0 Å². The fraction of sp³-hybridized carbons (Fsp3) is 0.500. The molecule has 1 saturated heterocycles. The van der Waals surface area contributed by atoms with Gasteiger partial charge in [-0.3, -0.25) is 0 Å². The maximum absolute atomic E-state index is 8.75. The van der Waals surface area contributed by atoms with Crippen molar-refractivity contribution in [1.82, 2.24) is 0 Å². The molecule has 0 aromatic heterocycles. The van der Waals surface area contributed by atoms with Gasteiger partial charge in [0.05, 0.1) is 19.8 Å². The summed E-state index contributed by atoms with van der Waals surface area (Å²) in [6.45, 7) is 4.25. The lowest BCUT2D eigenvalue weighted by atomic mass is 10.0. The third-order valence-corrected chi connectivity index (χ3v) is 3.11. The zero-order chi connectivity index (χ0) is 14.6. The fourth-order valence-electron chi connectivity index (χ4n) is 2.27. The standard InChI is InChI=1S/C16H20O4/c1-16(2)19-11-14(20-16)10-13-9-12(5-4-8-17)6-7-15(13)18-3/h6-7,9,14,17H,8,10-11H2,1-3H3. The minimum Gasteiger partial charge on any atom is -0.496 e. The number of methoxy groups -OCH3 is 1. The summed E-state index contributed by atoms with van der Waals surface area (Å²) in [6, 6.07) is 5.73. The molecule has 0 aliphatic carbocycles. The van der Waals surface area contributed by atoms with Crippen LogP contribution in [-0.4, -0.2) is 37.3 Å². The number of aliphatic hydroxyl groups excluding tert-OH is 1. The Bertz CT molecular complexity index is 525. The van der Waals surface area contributed by atoms with E-state index in [0.29, 0.717) is 13.0 Å². The van der Waals surface area contributed by atoms with Crippen LogP contribution in [0.15, 0.2) is 18.2 Å². The molecule has 2 rings (SSSR count). The summed E-state index contributed by atoms with van der Waals surface area (Å²) in [5, 5.41) is 8.75. The van der Waals surface area contributed by atoms with Gasteiger partial charge in [-0.05, 0) is 37.6 Å². The van der Waals surface area contributed by atoms with Crippen LogP contribution in [0.1, 0.15) is 25.0 Å². The van der Waals surface area contributed by atoms with Crippen LogP contribution in [0.5, 0.6) is 5.75 Å². The van der Waals surface area contributed by atoms with E-state index in [1.807, 2.05) is 32.0 Å². The predicted octanol–water partition coefficient (Wildman–Crippen LogP) is 1.73. The van der Waals surface area contributed by atoms with Crippen molar-refractivity contribution in [3.8, 4) is 17.6 Å². The van der Waals surface area contributed by atoms with Crippen LogP contribution in [-0.2, 0) is 15.9 Å². The molecule has 0 saturated carbocycles. The molecule has 1 atom stereocenters. The van der Waals surface area contributed by atoms with E-state index in [4.69, 9.17) is 19.3 Å². The Labute approximate surface area is 119 Å². The van der Waals surface area contributed by atoms with E-state index in [0.717, 1.165) is 16.9 Å². The summed E-state index contributed by atoms with van der Waals surface area (Å²) in [5.41, 5.74) is 1.89. The van der Waals surface area contributed by atoms with Gasteiger partial charge in [0.15, 0.2) is 5.79 Å². The van der Waals surface area contributed by atoms with Crippen LogP contribution >= 0.6 is 0 Å².